The molecule has 2 aliphatic carbocycles. The normalized spacial score (nSPS) is 22.0. The highest BCUT2D eigenvalue weighted by Crippen LogP contribution is 2.45. The minimum absolute atomic E-state index is 0.0101. The lowest BCUT2D eigenvalue weighted by molar-refractivity contribution is 0.110. The van der Waals surface area contributed by atoms with E-state index in [2.05, 4.69) is 73.3 Å². The van der Waals surface area contributed by atoms with Gasteiger partial charge in [-0.25, -0.2) is 0 Å². The number of hydrogen-bond acceptors (Lipinski definition) is 4. The fourth-order valence-electron chi connectivity index (χ4n) is 4.00. The monoisotopic (exact) mass is 427 g/mol. The van der Waals surface area contributed by atoms with Crippen molar-refractivity contribution in [2.75, 3.05) is 5.75 Å². The largest absolute Gasteiger partial charge is 0.316 e. The first-order valence-electron chi connectivity index (χ1n) is 10.8. The molecule has 3 rings (SSSR count). The van der Waals surface area contributed by atoms with E-state index in [-0.39, 0.29) is 6.04 Å². The summed E-state index contributed by atoms with van der Waals surface area (Å²) in [5, 5.41) is 12.3. The molecule has 1 aromatic heterocycles. The number of rotatable bonds is 9. The van der Waals surface area contributed by atoms with Gasteiger partial charge < -0.3 is 5.21 Å². The number of thioether (sulfide) groups is 1. The highest BCUT2D eigenvalue weighted by Gasteiger charge is 2.31. The average molecular weight is 428 g/mol. The highest BCUT2D eigenvalue weighted by atomic mass is 32.2. The summed E-state index contributed by atoms with van der Waals surface area (Å²) in [5.74, 6) is 1.43. The topological polar surface area (TPSA) is 32.3 Å². The maximum Gasteiger partial charge on any atom is 0.0653 e. The van der Waals surface area contributed by atoms with Gasteiger partial charge in [0.2, 0.25) is 0 Å². The average Bonchev–Trinajstić information content (AvgIpc) is 2.97. The number of thiophene rings is 1. The standard InChI is InChI=1S/C25H33NOS2/c1-3-5-8-14-20(11-4-2)21-15-22-18-29-25(24(22)23(16-21)26-27)28-17-19-12-9-6-7-10-13-19/h6,8-14,18,21,23,26-27H,3-5,7,15-17H2,1-2H3/b14-8-,20-11+. The fraction of sp³-hybridized carbons (Fsp3) is 0.440. The lowest BCUT2D eigenvalue weighted by atomic mass is 9.78. The summed E-state index contributed by atoms with van der Waals surface area (Å²) >= 11 is 3.73. The number of unbranched alkanes of at least 4 members (excludes halogenated alkanes) is 1. The van der Waals surface area contributed by atoms with E-state index in [1.165, 1.54) is 32.9 Å². The van der Waals surface area contributed by atoms with Crippen LogP contribution in [0.1, 0.15) is 63.1 Å². The molecule has 4 heteroatoms. The van der Waals surface area contributed by atoms with Crippen LogP contribution < -0.4 is 5.48 Å². The summed E-state index contributed by atoms with van der Waals surface area (Å²) in [6, 6.07) is 0.0101. The molecule has 0 spiro atoms. The molecule has 0 fully saturated rings. The lowest BCUT2D eigenvalue weighted by Gasteiger charge is -2.30. The predicted molar refractivity (Wildman–Crippen MR) is 128 cm³/mol. The van der Waals surface area contributed by atoms with Crippen LogP contribution in [0.4, 0.5) is 0 Å². The van der Waals surface area contributed by atoms with E-state index in [0.29, 0.717) is 5.92 Å². The van der Waals surface area contributed by atoms with Crippen LogP contribution in [0.2, 0.25) is 0 Å². The van der Waals surface area contributed by atoms with E-state index in [9.17, 15) is 5.21 Å². The molecule has 1 heterocycles. The first kappa shape index (κ1) is 22.4. The fourth-order valence-corrected chi connectivity index (χ4v) is 6.39. The molecule has 0 saturated carbocycles. The molecule has 156 valence electrons. The summed E-state index contributed by atoms with van der Waals surface area (Å²) in [4.78, 5) is 0. The van der Waals surface area contributed by atoms with Crippen LogP contribution in [0, 0.1) is 5.92 Å². The van der Waals surface area contributed by atoms with Crippen LogP contribution in [0.25, 0.3) is 0 Å². The molecule has 0 bridgehead atoms. The van der Waals surface area contributed by atoms with Gasteiger partial charge in [-0.15, -0.1) is 23.1 Å². The van der Waals surface area contributed by atoms with Gasteiger partial charge in [-0.05, 0) is 65.7 Å². The Bertz CT molecular complexity index is 813. The lowest BCUT2D eigenvalue weighted by Crippen LogP contribution is -2.27. The van der Waals surface area contributed by atoms with Gasteiger partial charge in [0.25, 0.3) is 0 Å². The Morgan fingerprint density at radius 3 is 3.03 bits per heavy atom. The van der Waals surface area contributed by atoms with Crippen molar-refractivity contribution in [1.29, 1.82) is 0 Å². The number of allylic oxidation sites excluding steroid dienone is 9. The molecule has 1 aromatic rings. The molecule has 2 aliphatic rings. The van der Waals surface area contributed by atoms with E-state index in [4.69, 9.17) is 0 Å². The van der Waals surface area contributed by atoms with E-state index < -0.39 is 0 Å². The van der Waals surface area contributed by atoms with E-state index in [1.807, 2.05) is 23.1 Å². The Hall–Kier alpha value is -1.33. The summed E-state index contributed by atoms with van der Waals surface area (Å²) in [7, 11) is 0. The molecule has 29 heavy (non-hydrogen) atoms. The summed E-state index contributed by atoms with van der Waals surface area (Å²) < 4.78 is 1.34. The van der Waals surface area contributed by atoms with Gasteiger partial charge in [-0.1, -0.05) is 68.9 Å². The zero-order chi connectivity index (χ0) is 20.5. The molecule has 0 amide bonds. The Kier molecular flexibility index (Phi) is 9.06. The minimum Gasteiger partial charge on any atom is -0.316 e. The number of nitrogens with one attached hydrogen (secondary N) is 1. The van der Waals surface area contributed by atoms with Crippen LogP contribution in [-0.2, 0) is 6.42 Å². The molecular formula is C25H33NOS2. The maximum absolute atomic E-state index is 9.95. The van der Waals surface area contributed by atoms with Crippen molar-refractivity contribution in [3.63, 3.8) is 0 Å². The second kappa shape index (κ2) is 11.8. The molecule has 0 radical (unpaired) electrons. The van der Waals surface area contributed by atoms with Crippen molar-refractivity contribution in [3.8, 4) is 0 Å². The zero-order valence-electron chi connectivity index (χ0n) is 17.6. The van der Waals surface area contributed by atoms with Crippen LogP contribution in [0.15, 0.2) is 69.3 Å². The van der Waals surface area contributed by atoms with Gasteiger partial charge in [0.05, 0.1) is 10.3 Å². The molecule has 2 unspecified atom stereocenters. The second-order valence-electron chi connectivity index (χ2n) is 7.68. The van der Waals surface area contributed by atoms with Crippen molar-refractivity contribution in [2.24, 2.45) is 5.92 Å². The van der Waals surface area contributed by atoms with Gasteiger partial charge in [0.1, 0.15) is 0 Å². The SMILES string of the molecule is CC/C=C(\C=C/CCC)C1Cc2csc(SCC3=CC=CCC=C3)c2C(NO)C1. The first-order valence-corrected chi connectivity index (χ1v) is 12.6. The van der Waals surface area contributed by atoms with Crippen molar-refractivity contribution in [1.82, 2.24) is 5.48 Å². The van der Waals surface area contributed by atoms with E-state index in [0.717, 1.165) is 37.9 Å². The molecule has 2 nitrogen and oxygen atoms in total. The second-order valence-corrected chi connectivity index (χ2v) is 9.80. The quantitative estimate of drug-likeness (QED) is 0.242. The van der Waals surface area contributed by atoms with Crippen molar-refractivity contribution in [3.05, 3.63) is 76.3 Å². The summed E-state index contributed by atoms with van der Waals surface area (Å²) in [5.41, 5.74) is 8.12. The Balaban J connectivity index is 1.75. The van der Waals surface area contributed by atoms with Crippen LogP contribution in [-0.4, -0.2) is 11.0 Å². The third-order valence-corrected chi connectivity index (χ3v) is 7.90. The molecular weight excluding hydrogens is 394 g/mol. The molecule has 2 atom stereocenters. The third kappa shape index (κ3) is 6.08. The van der Waals surface area contributed by atoms with E-state index >= 15 is 0 Å². The van der Waals surface area contributed by atoms with E-state index in [1.54, 1.807) is 0 Å². The van der Waals surface area contributed by atoms with Gasteiger partial charge in [0, 0.05) is 5.75 Å². The smallest absolute Gasteiger partial charge is 0.0653 e. The van der Waals surface area contributed by atoms with Gasteiger partial charge in [0.15, 0.2) is 0 Å². The number of hydrogen-bond donors (Lipinski definition) is 2. The zero-order valence-corrected chi connectivity index (χ0v) is 19.2. The highest BCUT2D eigenvalue weighted by molar-refractivity contribution is 8.01. The Labute approximate surface area is 184 Å². The van der Waals surface area contributed by atoms with Crippen molar-refractivity contribution >= 4 is 23.1 Å². The Morgan fingerprint density at radius 2 is 2.24 bits per heavy atom. The van der Waals surface area contributed by atoms with Gasteiger partial charge in [-0.3, -0.25) is 0 Å². The summed E-state index contributed by atoms with van der Waals surface area (Å²) in [6.45, 7) is 4.42. The molecule has 2 N–H and O–H groups in total. The van der Waals surface area contributed by atoms with Crippen molar-refractivity contribution < 1.29 is 5.21 Å². The molecule has 0 saturated heterocycles. The third-order valence-electron chi connectivity index (χ3n) is 5.46. The van der Waals surface area contributed by atoms with Gasteiger partial charge in [-0.2, -0.15) is 5.48 Å². The number of hydroxylamine groups is 1. The predicted octanol–water partition coefficient (Wildman–Crippen LogP) is 7.56. The molecule has 0 aliphatic heterocycles. The maximum atomic E-state index is 9.95. The van der Waals surface area contributed by atoms with Crippen LogP contribution in [0.5, 0.6) is 0 Å². The molecule has 0 aromatic carbocycles. The van der Waals surface area contributed by atoms with Crippen LogP contribution in [0.3, 0.4) is 0 Å². The summed E-state index contributed by atoms with van der Waals surface area (Å²) in [6.07, 6.45) is 24.3. The minimum atomic E-state index is 0.0101. The Morgan fingerprint density at radius 1 is 1.34 bits per heavy atom. The van der Waals surface area contributed by atoms with Crippen LogP contribution >= 0.6 is 23.1 Å². The van der Waals surface area contributed by atoms with Crippen molar-refractivity contribution in [2.45, 2.75) is 62.6 Å². The number of fused-ring (bicyclic) bond motifs is 1. The first-order chi connectivity index (χ1) is 14.3. The van der Waals surface area contributed by atoms with Gasteiger partial charge >= 0.3 is 0 Å².